The minimum absolute atomic E-state index is 0.0621. The molecule has 2 N–H and O–H groups in total. The third-order valence-electron chi connectivity index (χ3n) is 2.78. The average molecular weight is 268 g/mol. The highest BCUT2D eigenvalue weighted by molar-refractivity contribution is 7.80. The molecular weight excluding hydrogens is 255 g/mol. The van der Waals surface area contributed by atoms with E-state index in [0.29, 0.717) is 24.3 Å². The molecule has 0 atom stereocenters. The van der Waals surface area contributed by atoms with E-state index in [-0.39, 0.29) is 24.0 Å². The lowest BCUT2D eigenvalue weighted by Gasteiger charge is -2.27. The first-order chi connectivity index (χ1) is 8.58. The van der Waals surface area contributed by atoms with E-state index in [1.54, 1.807) is 17.0 Å². The molecule has 1 aromatic rings. The monoisotopic (exact) mass is 268 g/mol. The fourth-order valence-electron chi connectivity index (χ4n) is 1.75. The van der Waals surface area contributed by atoms with Gasteiger partial charge in [-0.3, -0.25) is 4.79 Å². The molecule has 1 heterocycles. The number of amides is 1. The third-order valence-corrected chi connectivity index (χ3v) is 3.02. The topological polar surface area (TPSA) is 55.6 Å². The van der Waals surface area contributed by atoms with Crippen LogP contribution in [0.1, 0.15) is 11.1 Å². The molecule has 1 amide bonds. The predicted octanol–water partition coefficient (Wildman–Crippen LogP) is 0.819. The van der Waals surface area contributed by atoms with E-state index in [4.69, 9.17) is 22.7 Å². The lowest BCUT2D eigenvalue weighted by molar-refractivity contribution is -0.143. The van der Waals surface area contributed by atoms with Crippen molar-refractivity contribution in [2.75, 3.05) is 19.8 Å². The summed E-state index contributed by atoms with van der Waals surface area (Å²) in [5, 5.41) is 0. The number of hydrogen-bond donors (Lipinski definition) is 1. The van der Waals surface area contributed by atoms with Crippen LogP contribution >= 0.6 is 12.2 Å². The first-order valence-electron chi connectivity index (χ1n) is 5.51. The Balaban J connectivity index is 2.14. The maximum absolute atomic E-state index is 13.8. The van der Waals surface area contributed by atoms with Crippen molar-refractivity contribution in [3.63, 3.8) is 0 Å². The van der Waals surface area contributed by atoms with E-state index in [1.165, 1.54) is 6.07 Å². The zero-order valence-corrected chi connectivity index (χ0v) is 10.5. The number of carbonyl (C=O) groups is 1. The van der Waals surface area contributed by atoms with Crippen molar-refractivity contribution in [1.29, 1.82) is 0 Å². The maximum atomic E-state index is 13.8. The van der Waals surface area contributed by atoms with Gasteiger partial charge in [0.05, 0.1) is 6.61 Å². The summed E-state index contributed by atoms with van der Waals surface area (Å²) in [4.78, 5) is 13.3. The van der Waals surface area contributed by atoms with Gasteiger partial charge in [0.25, 0.3) is 0 Å². The second-order valence-electron chi connectivity index (χ2n) is 4.04. The number of benzene rings is 1. The van der Waals surface area contributed by atoms with Crippen molar-refractivity contribution in [2.45, 2.75) is 6.54 Å². The molecule has 1 fully saturated rings. The van der Waals surface area contributed by atoms with Gasteiger partial charge in [0.1, 0.15) is 17.4 Å². The van der Waals surface area contributed by atoms with Crippen LogP contribution in [0.5, 0.6) is 0 Å². The average Bonchev–Trinajstić information content (AvgIpc) is 2.34. The van der Waals surface area contributed by atoms with Gasteiger partial charge in [0.2, 0.25) is 5.91 Å². The zero-order chi connectivity index (χ0) is 13.1. The summed E-state index contributed by atoms with van der Waals surface area (Å²) in [6.07, 6.45) is 0. The van der Waals surface area contributed by atoms with Gasteiger partial charge in [-0.2, -0.15) is 0 Å². The van der Waals surface area contributed by atoms with Crippen LogP contribution in [-0.4, -0.2) is 35.6 Å². The highest BCUT2D eigenvalue weighted by atomic mass is 32.1. The Morgan fingerprint density at radius 1 is 1.56 bits per heavy atom. The first kappa shape index (κ1) is 12.9. The van der Waals surface area contributed by atoms with Gasteiger partial charge in [-0.05, 0) is 6.07 Å². The Bertz CT molecular complexity index is 493. The van der Waals surface area contributed by atoms with Gasteiger partial charge in [-0.1, -0.05) is 24.4 Å². The molecule has 0 saturated carbocycles. The molecule has 0 radical (unpaired) electrons. The number of morpholine rings is 1. The molecule has 96 valence electrons. The SMILES string of the molecule is NC(=S)c1ccc(CN2CCOCC2=O)c(F)c1. The summed E-state index contributed by atoms with van der Waals surface area (Å²) in [6.45, 7) is 1.27. The molecule has 0 spiro atoms. The van der Waals surface area contributed by atoms with E-state index in [1.807, 2.05) is 0 Å². The van der Waals surface area contributed by atoms with E-state index in [0.717, 1.165) is 0 Å². The lowest BCUT2D eigenvalue weighted by Crippen LogP contribution is -2.41. The van der Waals surface area contributed by atoms with Crippen molar-refractivity contribution in [2.24, 2.45) is 5.73 Å². The molecule has 1 aliphatic heterocycles. The highest BCUT2D eigenvalue weighted by Gasteiger charge is 2.19. The number of ether oxygens (including phenoxy) is 1. The fraction of sp³-hybridized carbons (Fsp3) is 0.333. The number of nitrogens with zero attached hydrogens (tertiary/aromatic N) is 1. The maximum Gasteiger partial charge on any atom is 0.248 e. The van der Waals surface area contributed by atoms with Crippen molar-refractivity contribution in [3.8, 4) is 0 Å². The molecule has 0 aliphatic carbocycles. The smallest absolute Gasteiger partial charge is 0.248 e. The molecule has 6 heteroatoms. The van der Waals surface area contributed by atoms with Crippen LogP contribution in [0.3, 0.4) is 0 Å². The predicted molar refractivity (Wildman–Crippen MR) is 68.5 cm³/mol. The van der Waals surface area contributed by atoms with Crippen molar-refractivity contribution < 1.29 is 13.9 Å². The molecule has 1 aromatic carbocycles. The Morgan fingerprint density at radius 3 is 2.94 bits per heavy atom. The number of rotatable bonds is 3. The van der Waals surface area contributed by atoms with Crippen LogP contribution in [0, 0.1) is 5.82 Å². The van der Waals surface area contributed by atoms with Crippen LogP contribution in [0.2, 0.25) is 0 Å². The van der Waals surface area contributed by atoms with E-state index < -0.39 is 5.82 Å². The quantitative estimate of drug-likeness (QED) is 0.825. The van der Waals surface area contributed by atoms with Gasteiger partial charge >= 0.3 is 0 Å². The molecule has 2 rings (SSSR count). The summed E-state index contributed by atoms with van der Waals surface area (Å²) in [5.74, 6) is -0.529. The van der Waals surface area contributed by atoms with E-state index >= 15 is 0 Å². The van der Waals surface area contributed by atoms with Crippen LogP contribution in [0.4, 0.5) is 4.39 Å². The van der Waals surface area contributed by atoms with Crippen molar-refractivity contribution in [3.05, 3.63) is 35.1 Å². The van der Waals surface area contributed by atoms with Gasteiger partial charge in [0.15, 0.2) is 0 Å². The Morgan fingerprint density at radius 2 is 2.33 bits per heavy atom. The summed E-state index contributed by atoms with van der Waals surface area (Å²) in [6, 6.07) is 4.56. The summed E-state index contributed by atoms with van der Waals surface area (Å²) >= 11 is 4.78. The molecule has 4 nitrogen and oxygen atoms in total. The van der Waals surface area contributed by atoms with Gasteiger partial charge < -0.3 is 15.4 Å². The van der Waals surface area contributed by atoms with Crippen LogP contribution in [0.15, 0.2) is 18.2 Å². The molecule has 18 heavy (non-hydrogen) atoms. The summed E-state index contributed by atoms with van der Waals surface area (Å²) < 4.78 is 18.8. The van der Waals surface area contributed by atoms with Crippen LogP contribution in [-0.2, 0) is 16.1 Å². The molecule has 0 bridgehead atoms. The van der Waals surface area contributed by atoms with Gasteiger partial charge in [-0.15, -0.1) is 0 Å². The number of nitrogens with two attached hydrogens (primary N) is 1. The van der Waals surface area contributed by atoms with Crippen LogP contribution in [0.25, 0.3) is 0 Å². The second-order valence-corrected chi connectivity index (χ2v) is 4.48. The molecule has 0 aromatic heterocycles. The zero-order valence-electron chi connectivity index (χ0n) is 9.69. The number of halogens is 1. The molecule has 1 aliphatic rings. The van der Waals surface area contributed by atoms with E-state index in [9.17, 15) is 9.18 Å². The molecule has 1 saturated heterocycles. The largest absolute Gasteiger partial charge is 0.389 e. The summed E-state index contributed by atoms with van der Waals surface area (Å²) in [7, 11) is 0. The lowest BCUT2D eigenvalue weighted by atomic mass is 10.1. The molecular formula is C12H13FN2O2S. The first-order valence-corrected chi connectivity index (χ1v) is 5.92. The van der Waals surface area contributed by atoms with Gasteiger partial charge in [-0.25, -0.2) is 4.39 Å². The number of hydrogen-bond acceptors (Lipinski definition) is 3. The Hall–Kier alpha value is -1.53. The van der Waals surface area contributed by atoms with Crippen molar-refractivity contribution >= 4 is 23.1 Å². The fourth-order valence-corrected chi connectivity index (χ4v) is 1.88. The standard InChI is InChI=1S/C12H13FN2O2S/c13-10-5-8(12(14)18)1-2-9(10)6-15-3-4-17-7-11(15)16/h1-2,5H,3-4,6-7H2,(H2,14,18). The number of thiocarbonyl (C=S) groups is 1. The highest BCUT2D eigenvalue weighted by Crippen LogP contribution is 2.14. The van der Waals surface area contributed by atoms with Gasteiger partial charge in [0, 0.05) is 24.2 Å². The van der Waals surface area contributed by atoms with Crippen molar-refractivity contribution in [1.82, 2.24) is 4.90 Å². The minimum atomic E-state index is -0.403. The Kier molecular flexibility index (Phi) is 3.88. The Labute approximate surface area is 110 Å². The van der Waals surface area contributed by atoms with E-state index in [2.05, 4.69) is 0 Å². The second kappa shape index (κ2) is 5.41. The number of carbonyl (C=O) groups excluding carboxylic acids is 1. The van der Waals surface area contributed by atoms with Crippen LogP contribution < -0.4 is 5.73 Å². The summed E-state index contributed by atoms with van der Waals surface area (Å²) in [5.41, 5.74) is 6.36. The molecule has 0 unspecified atom stereocenters. The minimum Gasteiger partial charge on any atom is -0.389 e. The third kappa shape index (κ3) is 2.83. The normalized spacial score (nSPS) is 15.8.